The number of halogens is 1. The van der Waals surface area contributed by atoms with Crippen molar-refractivity contribution in [1.29, 1.82) is 0 Å². The minimum absolute atomic E-state index is 0.152. The Kier molecular flexibility index (Phi) is 3.30. The fourth-order valence-corrected chi connectivity index (χ4v) is 2.56. The maximum absolute atomic E-state index is 12.4. The van der Waals surface area contributed by atoms with Gasteiger partial charge in [0.15, 0.2) is 16.0 Å². The first-order valence-electron chi connectivity index (χ1n) is 6.25. The van der Waals surface area contributed by atoms with Gasteiger partial charge in [0, 0.05) is 32.8 Å². The van der Waals surface area contributed by atoms with E-state index in [-0.39, 0.29) is 16.3 Å². The Balaban J connectivity index is 2.43. The fourth-order valence-electron chi connectivity index (χ4n) is 2.20. The summed E-state index contributed by atoms with van der Waals surface area (Å²) in [5.41, 5.74) is 1.08. The van der Waals surface area contributed by atoms with Crippen molar-refractivity contribution >= 4 is 34.9 Å². The molecule has 22 heavy (non-hydrogen) atoms. The van der Waals surface area contributed by atoms with Gasteiger partial charge in [-0.25, -0.2) is 9.48 Å². The Hall–Kier alpha value is -2.19. The summed E-state index contributed by atoms with van der Waals surface area (Å²) in [7, 11) is 4.78. The molecule has 2 aromatic heterocycles. The standard InChI is InChI=1S/C13H11ClN4O3S/c1-16-8-4-6(7(14)5-9(8)21-13(16)20)10-11(19)17(2)12(22)18(3)15-10/h4-5H,1-3H3. The highest BCUT2D eigenvalue weighted by atomic mass is 35.5. The average molecular weight is 339 g/mol. The summed E-state index contributed by atoms with van der Waals surface area (Å²) >= 11 is 11.3. The quantitative estimate of drug-likeness (QED) is 0.630. The molecule has 0 radical (unpaired) electrons. The van der Waals surface area contributed by atoms with Gasteiger partial charge < -0.3 is 4.42 Å². The lowest BCUT2D eigenvalue weighted by Crippen LogP contribution is -2.25. The van der Waals surface area contributed by atoms with Crippen molar-refractivity contribution in [1.82, 2.24) is 18.9 Å². The van der Waals surface area contributed by atoms with E-state index in [0.29, 0.717) is 21.4 Å². The lowest BCUT2D eigenvalue weighted by molar-refractivity contribution is 0.528. The maximum Gasteiger partial charge on any atom is 0.419 e. The highest BCUT2D eigenvalue weighted by Gasteiger charge is 2.17. The minimum atomic E-state index is -0.504. The van der Waals surface area contributed by atoms with Crippen molar-refractivity contribution in [3.63, 3.8) is 0 Å². The number of fused-ring (bicyclic) bond motifs is 1. The molecule has 114 valence electrons. The summed E-state index contributed by atoms with van der Waals surface area (Å²) in [5, 5.41) is 4.45. The first kappa shape index (κ1) is 14.7. The molecule has 7 nitrogen and oxygen atoms in total. The lowest BCUT2D eigenvalue weighted by atomic mass is 10.1. The van der Waals surface area contributed by atoms with E-state index in [1.165, 1.54) is 19.9 Å². The van der Waals surface area contributed by atoms with Crippen LogP contribution in [0, 0.1) is 4.77 Å². The zero-order chi connectivity index (χ0) is 16.2. The van der Waals surface area contributed by atoms with Gasteiger partial charge in [0.2, 0.25) is 0 Å². The molecular formula is C13H11ClN4O3S. The van der Waals surface area contributed by atoms with Crippen LogP contribution in [0.5, 0.6) is 0 Å². The van der Waals surface area contributed by atoms with Gasteiger partial charge in [-0.1, -0.05) is 11.6 Å². The first-order valence-corrected chi connectivity index (χ1v) is 7.03. The molecule has 0 aliphatic rings. The van der Waals surface area contributed by atoms with E-state index < -0.39 is 5.76 Å². The lowest BCUT2D eigenvalue weighted by Gasteiger charge is -2.08. The second kappa shape index (κ2) is 4.92. The molecule has 0 aliphatic heterocycles. The molecule has 1 aromatic carbocycles. The van der Waals surface area contributed by atoms with Gasteiger partial charge in [0.05, 0.1) is 10.5 Å². The summed E-state index contributed by atoms with van der Waals surface area (Å²) in [6.07, 6.45) is 0. The van der Waals surface area contributed by atoms with Crippen LogP contribution in [-0.2, 0) is 21.1 Å². The van der Waals surface area contributed by atoms with Crippen LogP contribution in [0.1, 0.15) is 0 Å². The van der Waals surface area contributed by atoms with Crippen molar-refractivity contribution in [2.24, 2.45) is 21.1 Å². The fraction of sp³-hybridized carbons (Fsp3) is 0.231. The van der Waals surface area contributed by atoms with Crippen molar-refractivity contribution in [2.75, 3.05) is 0 Å². The van der Waals surface area contributed by atoms with Crippen LogP contribution in [0.15, 0.2) is 26.1 Å². The summed E-state index contributed by atoms with van der Waals surface area (Å²) < 4.78 is 9.42. The van der Waals surface area contributed by atoms with Crippen LogP contribution in [0.4, 0.5) is 0 Å². The van der Waals surface area contributed by atoms with Gasteiger partial charge in [-0.3, -0.25) is 13.9 Å². The Morgan fingerprint density at radius 1 is 1.18 bits per heavy atom. The van der Waals surface area contributed by atoms with E-state index in [4.69, 9.17) is 28.2 Å². The second-order valence-electron chi connectivity index (χ2n) is 4.85. The number of aryl methyl sites for hydroxylation is 2. The molecule has 9 heteroatoms. The molecule has 3 aromatic rings. The molecule has 0 saturated heterocycles. The Morgan fingerprint density at radius 2 is 1.86 bits per heavy atom. The van der Waals surface area contributed by atoms with E-state index in [1.54, 1.807) is 27.2 Å². The number of hydrogen-bond acceptors (Lipinski definition) is 5. The van der Waals surface area contributed by atoms with Crippen LogP contribution in [0.25, 0.3) is 22.4 Å². The molecule has 0 fully saturated rings. The average Bonchev–Trinajstić information content (AvgIpc) is 2.74. The Bertz CT molecular complexity index is 1090. The number of benzene rings is 1. The smallest absolute Gasteiger partial charge is 0.408 e. The van der Waals surface area contributed by atoms with Gasteiger partial charge >= 0.3 is 5.76 Å². The minimum Gasteiger partial charge on any atom is -0.408 e. The number of nitrogens with zero attached hydrogens (tertiary/aromatic N) is 4. The molecule has 0 N–H and O–H groups in total. The van der Waals surface area contributed by atoms with E-state index >= 15 is 0 Å². The van der Waals surface area contributed by atoms with E-state index in [2.05, 4.69) is 5.10 Å². The second-order valence-corrected chi connectivity index (χ2v) is 5.62. The molecule has 0 aliphatic carbocycles. The third-order valence-electron chi connectivity index (χ3n) is 3.46. The molecule has 3 rings (SSSR count). The number of aromatic nitrogens is 4. The molecule has 2 heterocycles. The van der Waals surface area contributed by atoms with Crippen LogP contribution >= 0.6 is 23.8 Å². The van der Waals surface area contributed by atoms with E-state index in [9.17, 15) is 9.59 Å². The predicted octanol–water partition coefficient (Wildman–Crippen LogP) is 1.61. The zero-order valence-corrected chi connectivity index (χ0v) is 13.5. The normalized spacial score (nSPS) is 11.3. The largest absolute Gasteiger partial charge is 0.419 e. The third kappa shape index (κ3) is 2.03. The van der Waals surface area contributed by atoms with Gasteiger partial charge in [-0.15, -0.1) is 0 Å². The molecule has 0 amide bonds. The monoisotopic (exact) mass is 338 g/mol. The molecular weight excluding hydrogens is 328 g/mol. The molecule has 0 unspecified atom stereocenters. The van der Waals surface area contributed by atoms with Gasteiger partial charge in [0.1, 0.15) is 0 Å². The van der Waals surface area contributed by atoms with Crippen molar-refractivity contribution in [3.05, 3.63) is 42.8 Å². The van der Waals surface area contributed by atoms with E-state index in [1.807, 2.05) is 0 Å². The highest BCUT2D eigenvalue weighted by molar-refractivity contribution is 7.71. The third-order valence-corrected chi connectivity index (χ3v) is 4.31. The van der Waals surface area contributed by atoms with Gasteiger partial charge in [0.25, 0.3) is 5.56 Å². The van der Waals surface area contributed by atoms with E-state index in [0.717, 1.165) is 0 Å². The number of oxazole rings is 1. The predicted molar refractivity (Wildman–Crippen MR) is 84.7 cm³/mol. The van der Waals surface area contributed by atoms with Crippen LogP contribution in [-0.4, -0.2) is 18.9 Å². The number of hydrogen-bond donors (Lipinski definition) is 0. The summed E-state index contributed by atoms with van der Waals surface area (Å²) in [5.74, 6) is -0.504. The van der Waals surface area contributed by atoms with Crippen molar-refractivity contribution < 1.29 is 4.42 Å². The first-order chi connectivity index (χ1) is 10.3. The van der Waals surface area contributed by atoms with Gasteiger partial charge in [-0.2, -0.15) is 5.10 Å². The zero-order valence-electron chi connectivity index (χ0n) is 12.0. The maximum atomic E-state index is 12.4. The van der Waals surface area contributed by atoms with Crippen LogP contribution in [0.2, 0.25) is 5.02 Å². The Morgan fingerprint density at radius 3 is 2.55 bits per heavy atom. The molecule has 0 bridgehead atoms. The van der Waals surface area contributed by atoms with Crippen LogP contribution < -0.4 is 11.3 Å². The number of rotatable bonds is 1. The van der Waals surface area contributed by atoms with Crippen LogP contribution in [0.3, 0.4) is 0 Å². The molecule has 0 saturated carbocycles. The molecule has 0 spiro atoms. The van der Waals surface area contributed by atoms with Crippen molar-refractivity contribution in [3.8, 4) is 11.3 Å². The summed E-state index contributed by atoms with van der Waals surface area (Å²) in [6, 6.07) is 3.10. The van der Waals surface area contributed by atoms with Crippen molar-refractivity contribution in [2.45, 2.75) is 0 Å². The van der Waals surface area contributed by atoms with Gasteiger partial charge in [-0.05, 0) is 18.3 Å². The molecule has 0 atom stereocenters. The highest BCUT2D eigenvalue weighted by Crippen LogP contribution is 2.29. The Labute approximate surface area is 134 Å². The topological polar surface area (TPSA) is 75.0 Å². The summed E-state index contributed by atoms with van der Waals surface area (Å²) in [6.45, 7) is 0. The summed E-state index contributed by atoms with van der Waals surface area (Å²) in [4.78, 5) is 24.0. The SMILES string of the molecule is Cn1nc(-c2cc3c(cc2Cl)oc(=O)n3C)c(=O)n(C)c1=S.